The Labute approximate surface area is 108 Å². The quantitative estimate of drug-likeness (QED) is 0.825. The molecule has 0 aromatic carbocycles. The van der Waals surface area contributed by atoms with Gasteiger partial charge >= 0.3 is 0 Å². The summed E-state index contributed by atoms with van der Waals surface area (Å²) in [7, 11) is 0. The number of nitrogens with one attached hydrogen (secondary N) is 1. The molecule has 0 radical (unpaired) electrons. The molecule has 3 unspecified atom stereocenters. The molecule has 18 heavy (non-hydrogen) atoms. The zero-order valence-corrected chi connectivity index (χ0v) is 11.4. The molecule has 3 rings (SSSR count). The number of H-pyrrole nitrogens is 1. The van der Waals surface area contributed by atoms with Crippen molar-refractivity contribution in [2.24, 2.45) is 11.8 Å². The number of amides is 1. The summed E-state index contributed by atoms with van der Waals surface area (Å²) in [5.41, 5.74) is 3.02. The van der Waals surface area contributed by atoms with Crippen LogP contribution >= 0.6 is 0 Å². The molecule has 4 heteroatoms. The summed E-state index contributed by atoms with van der Waals surface area (Å²) >= 11 is 0. The van der Waals surface area contributed by atoms with Crippen LogP contribution in [0.15, 0.2) is 0 Å². The average Bonchev–Trinajstić information content (AvgIpc) is 2.99. The number of hydrogen-bond donors (Lipinski definition) is 1. The Bertz CT molecular complexity index is 479. The lowest BCUT2D eigenvalue weighted by Crippen LogP contribution is -2.36. The second-order valence-corrected chi connectivity index (χ2v) is 5.92. The lowest BCUT2D eigenvalue weighted by Gasteiger charge is -2.22. The first-order valence-corrected chi connectivity index (χ1v) is 6.96. The largest absolute Gasteiger partial charge is 0.334 e. The lowest BCUT2D eigenvalue weighted by molar-refractivity contribution is 0.0726. The van der Waals surface area contributed by atoms with Gasteiger partial charge in [-0.05, 0) is 38.0 Å². The van der Waals surface area contributed by atoms with E-state index in [0.717, 1.165) is 25.8 Å². The van der Waals surface area contributed by atoms with Crippen LogP contribution in [0.25, 0.3) is 0 Å². The minimum absolute atomic E-state index is 0.123. The van der Waals surface area contributed by atoms with Crippen LogP contribution in [0.2, 0.25) is 0 Å². The van der Waals surface area contributed by atoms with E-state index in [0.29, 0.717) is 23.6 Å². The third-order valence-electron chi connectivity index (χ3n) is 4.90. The van der Waals surface area contributed by atoms with Gasteiger partial charge in [-0.3, -0.25) is 9.89 Å². The van der Waals surface area contributed by atoms with Crippen LogP contribution in [-0.4, -0.2) is 33.6 Å². The second kappa shape index (κ2) is 4.11. The highest BCUT2D eigenvalue weighted by Crippen LogP contribution is 2.31. The van der Waals surface area contributed by atoms with E-state index >= 15 is 0 Å². The molecule has 0 saturated carbocycles. The number of carbonyl (C=O) groups is 1. The molecule has 1 fully saturated rings. The van der Waals surface area contributed by atoms with E-state index in [1.807, 2.05) is 4.90 Å². The number of rotatable bonds is 1. The summed E-state index contributed by atoms with van der Waals surface area (Å²) < 4.78 is 0. The molecule has 4 nitrogen and oxygen atoms in total. The van der Waals surface area contributed by atoms with Crippen molar-refractivity contribution < 1.29 is 4.79 Å². The zero-order valence-electron chi connectivity index (χ0n) is 11.4. The monoisotopic (exact) mass is 247 g/mol. The predicted molar refractivity (Wildman–Crippen MR) is 69.4 cm³/mol. The van der Waals surface area contributed by atoms with Crippen molar-refractivity contribution in [2.75, 3.05) is 6.54 Å². The maximum absolute atomic E-state index is 12.6. The highest BCUT2D eigenvalue weighted by Gasteiger charge is 2.38. The van der Waals surface area contributed by atoms with Crippen molar-refractivity contribution >= 4 is 5.91 Å². The first-order valence-electron chi connectivity index (χ1n) is 6.96. The highest BCUT2D eigenvalue weighted by atomic mass is 16.2. The molecule has 2 aliphatic rings. The van der Waals surface area contributed by atoms with Gasteiger partial charge in [-0.1, -0.05) is 13.8 Å². The molecule has 1 N–H and O–H groups in total. The van der Waals surface area contributed by atoms with Crippen molar-refractivity contribution in [3.8, 4) is 0 Å². The van der Waals surface area contributed by atoms with Gasteiger partial charge in [0.1, 0.15) is 0 Å². The third-order valence-corrected chi connectivity index (χ3v) is 4.90. The maximum Gasteiger partial charge on any atom is 0.274 e. The Morgan fingerprint density at radius 2 is 2.11 bits per heavy atom. The third kappa shape index (κ3) is 1.58. The van der Waals surface area contributed by atoms with Gasteiger partial charge in [0.25, 0.3) is 5.91 Å². The molecule has 1 saturated heterocycles. The number of fused-ring (bicyclic) bond motifs is 1. The van der Waals surface area contributed by atoms with Crippen LogP contribution in [0.4, 0.5) is 0 Å². The van der Waals surface area contributed by atoms with Crippen LogP contribution in [0.1, 0.15) is 48.9 Å². The molecule has 0 spiro atoms. The number of aromatic amines is 1. The minimum Gasteiger partial charge on any atom is -0.334 e. The Morgan fingerprint density at radius 1 is 1.33 bits per heavy atom. The van der Waals surface area contributed by atoms with Crippen LogP contribution in [0.3, 0.4) is 0 Å². The van der Waals surface area contributed by atoms with Crippen molar-refractivity contribution in [1.29, 1.82) is 0 Å². The number of nitrogens with zero attached hydrogens (tertiary/aromatic N) is 2. The van der Waals surface area contributed by atoms with E-state index < -0.39 is 0 Å². The predicted octanol–water partition coefficient (Wildman–Crippen LogP) is 2.01. The molecule has 0 bridgehead atoms. The van der Waals surface area contributed by atoms with E-state index in [2.05, 4.69) is 31.0 Å². The van der Waals surface area contributed by atoms with Crippen LogP contribution in [-0.2, 0) is 12.8 Å². The summed E-state index contributed by atoms with van der Waals surface area (Å²) in [6, 6.07) is 0.321. The number of aromatic nitrogens is 2. The summed E-state index contributed by atoms with van der Waals surface area (Å²) in [6.07, 6.45) is 3.19. The van der Waals surface area contributed by atoms with E-state index in [1.54, 1.807) is 0 Å². The van der Waals surface area contributed by atoms with E-state index in [-0.39, 0.29) is 5.91 Å². The number of carbonyl (C=O) groups excluding carboxylic acids is 1. The van der Waals surface area contributed by atoms with Gasteiger partial charge in [-0.2, -0.15) is 5.10 Å². The fourth-order valence-corrected chi connectivity index (χ4v) is 3.30. The average molecular weight is 247 g/mol. The minimum atomic E-state index is 0.123. The molecule has 1 aliphatic carbocycles. The van der Waals surface area contributed by atoms with Gasteiger partial charge in [0.15, 0.2) is 5.69 Å². The maximum atomic E-state index is 12.6. The summed E-state index contributed by atoms with van der Waals surface area (Å²) in [5.74, 6) is 1.27. The lowest BCUT2D eigenvalue weighted by atomic mass is 9.95. The zero-order chi connectivity index (χ0) is 12.9. The molecule has 1 aromatic rings. The van der Waals surface area contributed by atoms with Crippen molar-refractivity contribution in [1.82, 2.24) is 15.1 Å². The van der Waals surface area contributed by atoms with Crippen LogP contribution < -0.4 is 0 Å². The normalized spacial score (nSPS) is 30.8. The Kier molecular flexibility index (Phi) is 2.68. The molecule has 1 aromatic heterocycles. The Hall–Kier alpha value is -1.32. The molecule has 1 amide bonds. The van der Waals surface area contributed by atoms with Gasteiger partial charge in [0, 0.05) is 23.8 Å². The first kappa shape index (κ1) is 11.8. The standard InChI is InChI=1S/C14H21N3O/c1-8-7-17(10(3)9(8)2)14(18)13-11-5-4-6-12(11)15-16-13/h8-10H,4-7H2,1-3H3,(H,15,16). The second-order valence-electron chi connectivity index (χ2n) is 5.92. The summed E-state index contributed by atoms with van der Waals surface area (Å²) in [6.45, 7) is 7.47. The Balaban J connectivity index is 1.87. The number of aryl methyl sites for hydroxylation is 1. The van der Waals surface area contributed by atoms with Crippen molar-refractivity contribution in [2.45, 2.75) is 46.1 Å². The molecule has 1 aliphatic heterocycles. The summed E-state index contributed by atoms with van der Waals surface area (Å²) in [5, 5.41) is 7.28. The number of likely N-dealkylation sites (tertiary alicyclic amines) is 1. The van der Waals surface area contributed by atoms with E-state index in [4.69, 9.17) is 0 Å². The van der Waals surface area contributed by atoms with Crippen LogP contribution in [0, 0.1) is 11.8 Å². The molecule has 3 atom stereocenters. The van der Waals surface area contributed by atoms with Crippen molar-refractivity contribution in [3.63, 3.8) is 0 Å². The van der Waals surface area contributed by atoms with Gasteiger partial charge in [-0.25, -0.2) is 0 Å². The van der Waals surface area contributed by atoms with Crippen molar-refractivity contribution in [3.05, 3.63) is 17.0 Å². The Morgan fingerprint density at radius 3 is 2.78 bits per heavy atom. The van der Waals surface area contributed by atoms with Crippen LogP contribution in [0.5, 0.6) is 0 Å². The molecule has 98 valence electrons. The molecular weight excluding hydrogens is 226 g/mol. The van der Waals surface area contributed by atoms with Gasteiger partial charge < -0.3 is 4.90 Å². The fraction of sp³-hybridized carbons (Fsp3) is 0.714. The molecule has 2 heterocycles. The van der Waals surface area contributed by atoms with E-state index in [9.17, 15) is 4.79 Å². The first-order chi connectivity index (χ1) is 8.59. The van der Waals surface area contributed by atoms with E-state index in [1.165, 1.54) is 11.3 Å². The summed E-state index contributed by atoms with van der Waals surface area (Å²) in [4.78, 5) is 14.6. The topological polar surface area (TPSA) is 49.0 Å². The fourth-order valence-electron chi connectivity index (χ4n) is 3.30. The highest BCUT2D eigenvalue weighted by molar-refractivity contribution is 5.94. The molecular formula is C14H21N3O. The SMILES string of the molecule is CC1CN(C(=O)c2n[nH]c3c2CCC3)C(C)C1C. The van der Waals surface area contributed by atoms with Gasteiger partial charge in [-0.15, -0.1) is 0 Å². The smallest absolute Gasteiger partial charge is 0.274 e. The number of hydrogen-bond acceptors (Lipinski definition) is 2. The van der Waals surface area contributed by atoms with Gasteiger partial charge in [0.2, 0.25) is 0 Å². The van der Waals surface area contributed by atoms with Gasteiger partial charge in [0.05, 0.1) is 0 Å².